The van der Waals surface area contributed by atoms with E-state index in [2.05, 4.69) is 6.58 Å². The molecule has 0 radical (unpaired) electrons. The molecule has 1 N–H and O–H groups in total. The second kappa shape index (κ2) is 4.39. The van der Waals surface area contributed by atoms with Gasteiger partial charge in [-0.15, -0.1) is 6.58 Å². The fourth-order valence-corrected chi connectivity index (χ4v) is 1.55. The molecule has 13 heavy (non-hydrogen) atoms. The van der Waals surface area contributed by atoms with E-state index < -0.39 is 11.9 Å². The molecule has 0 saturated carbocycles. The Hall–Kier alpha value is -0.870. The number of aliphatic carboxylic acids is 1. The van der Waals surface area contributed by atoms with E-state index in [4.69, 9.17) is 9.84 Å². The molecule has 4 nitrogen and oxygen atoms in total. The highest BCUT2D eigenvalue weighted by atomic mass is 16.5. The van der Waals surface area contributed by atoms with Crippen LogP contribution in [-0.2, 0) is 9.53 Å². The molecule has 0 aromatic rings. The van der Waals surface area contributed by atoms with Crippen molar-refractivity contribution in [2.24, 2.45) is 5.92 Å². The highest BCUT2D eigenvalue weighted by Crippen LogP contribution is 2.18. The molecule has 2 unspecified atom stereocenters. The maximum absolute atomic E-state index is 10.8. The lowest BCUT2D eigenvalue weighted by Gasteiger charge is -2.24. The molecule has 1 aliphatic heterocycles. The van der Waals surface area contributed by atoms with E-state index in [-0.39, 0.29) is 6.04 Å². The van der Waals surface area contributed by atoms with Gasteiger partial charge in [0, 0.05) is 12.6 Å². The summed E-state index contributed by atoms with van der Waals surface area (Å²) in [5, 5.41) is 8.87. The van der Waals surface area contributed by atoms with Crippen LogP contribution in [0.5, 0.6) is 0 Å². The summed E-state index contributed by atoms with van der Waals surface area (Å²) in [7, 11) is 1.89. The zero-order valence-electron chi connectivity index (χ0n) is 7.77. The van der Waals surface area contributed by atoms with Gasteiger partial charge in [-0.3, -0.25) is 9.69 Å². The first-order chi connectivity index (χ1) is 6.16. The monoisotopic (exact) mass is 185 g/mol. The Morgan fingerprint density at radius 1 is 1.77 bits per heavy atom. The molecular weight excluding hydrogens is 170 g/mol. The number of likely N-dealkylation sites (N-methyl/N-ethyl adjacent to an activating group) is 1. The molecule has 0 amide bonds. The highest BCUT2D eigenvalue weighted by molar-refractivity contribution is 5.71. The number of hydrogen-bond acceptors (Lipinski definition) is 3. The molecule has 1 heterocycles. The normalized spacial score (nSPS) is 27.8. The first-order valence-electron chi connectivity index (χ1n) is 4.28. The number of carboxylic acids is 1. The highest BCUT2D eigenvalue weighted by Gasteiger charge is 2.36. The molecule has 1 saturated heterocycles. The van der Waals surface area contributed by atoms with Gasteiger partial charge in [0.2, 0.25) is 0 Å². The van der Waals surface area contributed by atoms with E-state index in [0.717, 1.165) is 0 Å². The van der Waals surface area contributed by atoms with Crippen LogP contribution in [-0.4, -0.2) is 48.8 Å². The van der Waals surface area contributed by atoms with Crippen molar-refractivity contribution in [1.82, 2.24) is 4.90 Å². The van der Waals surface area contributed by atoms with Crippen LogP contribution in [0.4, 0.5) is 0 Å². The molecular formula is C9H15NO3. The maximum atomic E-state index is 10.8. The Labute approximate surface area is 77.8 Å². The average Bonchev–Trinajstić information content (AvgIpc) is 2.52. The van der Waals surface area contributed by atoms with E-state index in [1.165, 1.54) is 0 Å². The van der Waals surface area contributed by atoms with Crippen LogP contribution in [0.1, 0.15) is 0 Å². The maximum Gasteiger partial charge on any atom is 0.310 e. The third-order valence-corrected chi connectivity index (χ3v) is 2.35. The van der Waals surface area contributed by atoms with Gasteiger partial charge in [0.15, 0.2) is 0 Å². The van der Waals surface area contributed by atoms with E-state index in [1.807, 2.05) is 11.9 Å². The molecule has 0 aromatic carbocycles. The van der Waals surface area contributed by atoms with E-state index in [9.17, 15) is 4.79 Å². The minimum absolute atomic E-state index is 0.0181. The minimum Gasteiger partial charge on any atom is -0.481 e. The van der Waals surface area contributed by atoms with Crippen LogP contribution in [0.25, 0.3) is 0 Å². The third-order valence-electron chi connectivity index (χ3n) is 2.35. The van der Waals surface area contributed by atoms with Crippen LogP contribution in [0.3, 0.4) is 0 Å². The molecule has 2 atom stereocenters. The van der Waals surface area contributed by atoms with Gasteiger partial charge in [0.25, 0.3) is 0 Å². The summed E-state index contributed by atoms with van der Waals surface area (Å²) in [4.78, 5) is 12.7. The molecule has 0 bridgehead atoms. The van der Waals surface area contributed by atoms with Crippen molar-refractivity contribution in [1.29, 1.82) is 0 Å². The molecule has 0 aliphatic carbocycles. The second-order valence-corrected chi connectivity index (χ2v) is 3.28. The molecule has 0 spiro atoms. The van der Waals surface area contributed by atoms with E-state index in [0.29, 0.717) is 19.8 Å². The van der Waals surface area contributed by atoms with Gasteiger partial charge in [-0.2, -0.15) is 0 Å². The first-order valence-corrected chi connectivity index (χ1v) is 4.28. The lowest BCUT2D eigenvalue weighted by molar-refractivity contribution is -0.143. The number of carbonyl (C=O) groups is 1. The van der Waals surface area contributed by atoms with Crippen molar-refractivity contribution in [3.05, 3.63) is 12.7 Å². The van der Waals surface area contributed by atoms with Gasteiger partial charge in [0.05, 0.1) is 19.1 Å². The number of nitrogens with zero attached hydrogens (tertiary/aromatic N) is 1. The molecule has 1 fully saturated rings. The number of rotatable bonds is 4. The summed E-state index contributed by atoms with van der Waals surface area (Å²) >= 11 is 0. The van der Waals surface area contributed by atoms with Gasteiger partial charge in [0.1, 0.15) is 0 Å². The number of carboxylic acid groups (broad SMARTS) is 1. The van der Waals surface area contributed by atoms with Crippen LogP contribution >= 0.6 is 0 Å². The Kier molecular flexibility index (Phi) is 3.45. The van der Waals surface area contributed by atoms with Crippen molar-refractivity contribution < 1.29 is 14.6 Å². The van der Waals surface area contributed by atoms with E-state index >= 15 is 0 Å². The van der Waals surface area contributed by atoms with Crippen molar-refractivity contribution in [3.63, 3.8) is 0 Å². The van der Waals surface area contributed by atoms with Crippen LogP contribution in [0.15, 0.2) is 12.7 Å². The van der Waals surface area contributed by atoms with Gasteiger partial charge in [-0.25, -0.2) is 0 Å². The fourth-order valence-electron chi connectivity index (χ4n) is 1.55. The van der Waals surface area contributed by atoms with Crippen molar-refractivity contribution in [2.45, 2.75) is 6.04 Å². The number of ether oxygens (including phenoxy) is 1. The van der Waals surface area contributed by atoms with Gasteiger partial charge < -0.3 is 9.84 Å². The summed E-state index contributed by atoms with van der Waals surface area (Å²) in [6, 6.07) is -0.0181. The summed E-state index contributed by atoms with van der Waals surface area (Å²) < 4.78 is 5.14. The number of hydrogen-bond donors (Lipinski definition) is 1. The lowest BCUT2D eigenvalue weighted by atomic mass is 10.0. The molecule has 4 heteroatoms. The Bertz CT molecular complexity index is 205. The average molecular weight is 185 g/mol. The van der Waals surface area contributed by atoms with Crippen LogP contribution in [0, 0.1) is 5.92 Å². The Balaban J connectivity index is 2.56. The molecule has 1 rings (SSSR count). The first kappa shape index (κ1) is 10.2. The van der Waals surface area contributed by atoms with Crippen LogP contribution in [0.2, 0.25) is 0 Å². The molecule has 1 aliphatic rings. The Morgan fingerprint density at radius 2 is 2.46 bits per heavy atom. The lowest BCUT2D eigenvalue weighted by Crippen LogP contribution is -2.40. The summed E-state index contributed by atoms with van der Waals surface area (Å²) in [6.45, 7) is 5.13. The largest absolute Gasteiger partial charge is 0.481 e. The van der Waals surface area contributed by atoms with Crippen molar-refractivity contribution in [3.8, 4) is 0 Å². The smallest absolute Gasteiger partial charge is 0.310 e. The molecule has 0 aromatic heterocycles. The summed E-state index contributed by atoms with van der Waals surface area (Å²) in [6.07, 6.45) is 1.76. The third kappa shape index (κ3) is 2.29. The predicted molar refractivity (Wildman–Crippen MR) is 48.6 cm³/mol. The standard InChI is InChI=1S/C9H15NO3/c1-3-4-10(2)8-6-13-5-7(8)9(11)12/h3,7-8H,1,4-6H2,2H3,(H,11,12). The minimum atomic E-state index is -0.779. The van der Waals surface area contributed by atoms with Gasteiger partial charge in [-0.1, -0.05) is 6.08 Å². The topological polar surface area (TPSA) is 49.8 Å². The predicted octanol–water partition coefficient (Wildman–Crippen LogP) is 0.204. The quantitative estimate of drug-likeness (QED) is 0.636. The fraction of sp³-hybridized carbons (Fsp3) is 0.667. The second-order valence-electron chi connectivity index (χ2n) is 3.28. The van der Waals surface area contributed by atoms with E-state index in [1.54, 1.807) is 6.08 Å². The Morgan fingerprint density at radius 3 is 3.00 bits per heavy atom. The van der Waals surface area contributed by atoms with Crippen molar-refractivity contribution in [2.75, 3.05) is 26.8 Å². The van der Waals surface area contributed by atoms with Gasteiger partial charge >= 0.3 is 5.97 Å². The SMILES string of the molecule is C=CCN(C)C1COCC1C(=O)O. The van der Waals surface area contributed by atoms with Gasteiger partial charge in [-0.05, 0) is 7.05 Å². The van der Waals surface area contributed by atoms with Crippen LogP contribution < -0.4 is 0 Å². The van der Waals surface area contributed by atoms with Crippen molar-refractivity contribution >= 4 is 5.97 Å². The summed E-state index contributed by atoms with van der Waals surface area (Å²) in [5.41, 5.74) is 0. The zero-order valence-corrected chi connectivity index (χ0v) is 7.77. The summed E-state index contributed by atoms with van der Waals surface area (Å²) in [5.74, 6) is -1.18. The zero-order chi connectivity index (χ0) is 9.84. The molecule has 74 valence electrons.